The van der Waals surface area contributed by atoms with Crippen molar-refractivity contribution in [2.75, 3.05) is 0 Å². The topological polar surface area (TPSA) is 0 Å². The van der Waals surface area contributed by atoms with Gasteiger partial charge in [-0.1, -0.05) is 5.92 Å². The lowest BCUT2D eigenvalue weighted by Crippen LogP contribution is -1.82. The van der Waals surface area contributed by atoms with Gasteiger partial charge in [0, 0.05) is 9.13 Å². The minimum Gasteiger partial charge on any atom is -0.101 e. The average molecular weight is 256 g/mol. The van der Waals surface area contributed by atoms with E-state index in [4.69, 9.17) is 0 Å². The highest BCUT2D eigenvalue weighted by atomic mass is 127. The monoisotopic (exact) mass is 256 g/mol. The summed E-state index contributed by atoms with van der Waals surface area (Å²) < 4.78 is 1.27. The highest BCUT2D eigenvalue weighted by molar-refractivity contribution is 14.1. The summed E-state index contributed by atoms with van der Waals surface area (Å²) in [4.78, 5) is 0. The Morgan fingerprint density at radius 1 is 1.36 bits per heavy atom. The Kier molecular flexibility index (Phi) is 2.95. The molecule has 56 valence electrons. The van der Waals surface area contributed by atoms with Crippen molar-refractivity contribution in [3.05, 3.63) is 32.9 Å². The summed E-state index contributed by atoms with van der Waals surface area (Å²) in [6, 6.07) is 6.28. The van der Waals surface area contributed by atoms with Crippen LogP contribution in [0.2, 0.25) is 0 Å². The largest absolute Gasteiger partial charge is 0.101 e. The van der Waals surface area contributed by atoms with Gasteiger partial charge >= 0.3 is 0 Å². The van der Waals surface area contributed by atoms with E-state index >= 15 is 0 Å². The number of rotatable bonds is 0. The Morgan fingerprint density at radius 3 is 2.64 bits per heavy atom. The zero-order chi connectivity index (χ0) is 8.27. The second kappa shape index (κ2) is 3.77. The van der Waals surface area contributed by atoms with Crippen molar-refractivity contribution in [2.24, 2.45) is 0 Å². The molecule has 0 amide bonds. The van der Waals surface area contributed by atoms with Gasteiger partial charge in [-0.3, -0.25) is 0 Å². The fourth-order valence-corrected chi connectivity index (χ4v) is 1.55. The molecule has 0 nitrogen and oxygen atoms in total. The van der Waals surface area contributed by atoms with Crippen molar-refractivity contribution in [3.8, 4) is 11.8 Å². The molecule has 0 bridgehead atoms. The van der Waals surface area contributed by atoms with Crippen LogP contribution in [0, 0.1) is 22.3 Å². The fourth-order valence-electron chi connectivity index (χ4n) is 0.902. The summed E-state index contributed by atoms with van der Waals surface area (Å²) in [7, 11) is 0. The lowest BCUT2D eigenvalue weighted by molar-refractivity contribution is 1.41. The van der Waals surface area contributed by atoms with Crippen molar-refractivity contribution in [2.45, 2.75) is 13.8 Å². The van der Waals surface area contributed by atoms with Gasteiger partial charge in [-0.25, -0.2) is 0 Å². The SMILES string of the molecule is CC#Cc1ccc(I)cc1C. The molecule has 11 heavy (non-hydrogen) atoms. The normalized spacial score (nSPS) is 8.64. The Balaban J connectivity index is 3.16. The van der Waals surface area contributed by atoms with Crippen LogP contribution >= 0.6 is 22.6 Å². The molecule has 1 rings (SSSR count). The Bertz CT molecular complexity index is 315. The van der Waals surface area contributed by atoms with E-state index in [0.29, 0.717) is 0 Å². The third-order valence-electron chi connectivity index (χ3n) is 1.45. The number of halogens is 1. The first-order chi connectivity index (χ1) is 5.24. The molecule has 0 fully saturated rings. The summed E-state index contributed by atoms with van der Waals surface area (Å²) in [6.07, 6.45) is 0. The molecule has 1 aromatic rings. The molecule has 0 aliphatic heterocycles. The molecule has 0 aromatic heterocycles. The smallest absolute Gasteiger partial charge is 0.0275 e. The van der Waals surface area contributed by atoms with Gasteiger partial charge in [0.1, 0.15) is 0 Å². The van der Waals surface area contributed by atoms with E-state index in [2.05, 4.69) is 59.6 Å². The van der Waals surface area contributed by atoms with Crippen LogP contribution < -0.4 is 0 Å². The van der Waals surface area contributed by atoms with Crippen molar-refractivity contribution in [3.63, 3.8) is 0 Å². The van der Waals surface area contributed by atoms with E-state index in [1.807, 2.05) is 6.92 Å². The van der Waals surface area contributed by atoms with Gasteiger partial charge in [0.2, 0.25) is 0 Å². The maximum absolute atomic E-state index is 3.05. The van der Waals surface area contributed by atoms with Crippen LogP contribution in [0.3, 0.4) is 0 Å². The molecule has 0 atom stereocenters. The predicted molar refractivity (Wildman–Crippen MR) is 56.4 cm³/mol. The maximum Gasteiger partial charge on any atom is 0.0275 e. The van der Waals surface area contributed by atoms with Crippen LogP contribution in [0.1, 0.15) is 18.1 Å². The summed E-state index contributed by atoms with van der Waals surface area (Å²) in [5.41, 5.74) is 2.39. The Labute approximate surface area is 81.2 Å². The molecular formula is C10H9I. The van der Waals surface area contributed by atoms with Gasteiger partial charge in [0.25, 0.3) is 0 Å². The van der Waals surface area contributed by atoms with Gasteiger partial charge in [0.05, 0.1) is 0 Å². The lowest BCUT2D eigenvalue weighted by atomic mass is 10.1. The summed E-state index contributed by atoms with van der Waals surface area (Å²) in [5, 5.41) is 0. The zero-order valence-electron chi connectivity index (χ0n) is 6.61. The second-order valence-electron chi connectivity index (χ2n) is 2.33. The van der Waals surface area contributed by atoms with Crippen molar-refractivity contribution < 1.29 is 0 Å². The number of benzene rings is 1. The molecule has 1 heteroatoms. The first-order valence-electron chi connectivity index (χ1n) is 3.43. The first-order valence-corrected chi connectivity index (χ1v) is 4.51. The molecular weight excluding hydrogens is 247 g/mol. The molecule has 0 saturated heterocycles. The molecule has 0 N–H and O–H groups in total. The summed E-state index contributed by atoms with van der Waals surface area (Å²) in [5.74, 6) is 5.94. The minimum atomic E-state index is 1.13. The summed E-state index contributed by atoms with van der Waals surface area (Å²) >= 11 is 2.30. The third-order valence-corrected chi connectivity index (χ3v) is 2.12. The van der Waals surface area contributed by atoms with Gasteiger partial charge in [-0.2, -0.15) is 0 Å². The second-order valence-corrected chi connectivity index (χ2v) is 3.58. The highest BCUT2D eigenvalue weighted by Crippen LogP contribution is 2.11. The fraction of sp³-hybridized carbons (Fsp3) is 0.200. The van der Waals surface area contributed by atoms with Crippen molar-refractivity contribution >= 4 is 22.6 Å². The van der Waals surface area contributed by atoms with E-state index in [0.717, 1.165) is 5.56 Å². The van der Waals surface area contributed by atoms with Gasteiger partial charge in [-0.05, 0) is 60.2 Å². The van der Waals surface area contributed by atoms with E-state index in [1.54, 1.807) is 0 Å². The van der Waals surface area contributed by atoms with E-state index in [1.165, 1.54) is 9.13 Å². The van der Waals surface area contributed by atoms with E-state index < -0.39 is 0 Å². The maximum atomic E-state index is 3.05. The van der Waals surface area contributed by atoms with Crippen LogP contribution in [0.4, 0.5) is 0 Å². The minimum absolute atomic E-state index is 1.13. The molecule has 0 aliphatic carbocycles. The van der Waals surface area contributed by atoms with Crippen LogP contribution in [0.15, 0.2) is 18.2 Å². The number of hydrogen-bond donors (Lipinski definition) is 0. The lowest BCUT2D eigenvalue weighted by Gasteiger charge is -1.97. The van der Waals surface area contributed by atoms with Gasteiger partial charge in [0.15, 0.2) is 0 Å². The van der Waals surface area contributed by atoms with Crippen molar-refractivity contribution in [1.82, 2.24) is 0 Å². The molecule has 0 aliphatic rings. The van der Waals surface area contributed by atoms with Crippen LogP contribution in [0.25, 0.3) is 0 Å². The molecule has 0 saturated carbocycles. The molecule has 0 unspecified atom stereocenters. The average Bonchev–Trinajstić information content (AvgIpc) is 1.95. The Hall–Kier alpha value is -0.490. The molecule has 1 aromatic carbocycles. The zero-order valence-corrected chi connectivity index (χ0v) is 8.77. The number of aryl methyl sites for hydroxylation is 1. The third kappa shape index (κ3) is 2.23. The van der Waals surface area contributed by atoms with Gasteiger partial charge in [-0.15, -0.1) is 5.92 Å². The molecule has 0 spiro atoms. The molecule has 0 heterocycles. The van der Waals surface area contributed by atoms with Gasteiger partial charge < -0.3 is 0 Å². The Morgan fingerprint density at radius 2 is 2.09 bits per heavy atom. The van der Waals surface area contributed by atoms with Crippen LogP contribution in [0.5, 0.6) is 0 Å². The van der Waals surface area contributed by atoms with E-state index in [9.17, 15) is 0 Å². The number of hydrogen-bond acceptors (Lipinski definition) is 0. The van der Waals surface area contributed by atoms with Crippen molar-refractivity contribution in [1.29, 1.82) is 0 Å². The molecule has 0 radical (unpaired) electrons. The highest BCUT2D eigenvalue weighted by Gasteiger charge is 1.93. The summed E-state index contributed by atoms with van der Waals surface area (Å²) in [6.45, 7) is 3.94. The van der Waals surface area contributed by atoms with E-state index in [-0.39, 0.29) is 0 Å². The predicted octanol–water partition coefficient (Wildman–Crippen LogP) is 2.97. The van der Waals surface area contributed by atoms with Crippen LogP contribution in [-0.2, 0) is 0 Å². The standard InChI is InChI=1S/C10H9I/c1-3-4-9-5-6-10(11)7-8(9)2/h5-7H,1-2H3. The quantitative estimate of drug-likeness (QED) is 0.494. The van der Waals surface area contributed by atoms with Crippen LogP contribution in [-0.4, -0.2) is 0 Å². The first kappa shape index (κ1) is 8.61.